The summed E-state index contributed by atoms with van der Waals surface area (Å²) >= 11 is 0. The van der Waals surface area contributed by atoms with Gasteiger partial charge in [0, 0.05) is 23.8 Å². The van der Waals surface area contributed by atoms with Gasteiger partial charge in [0.05, 0.1) is 6.20 Å². The number of rotatable bonds is 3. The molecule has 0 aliphatic carbocycles. The van der Waals surface area contributed by atoms with Crippen molar-refractivity contribution in [2.45, 2.75) is 0 Å². The maximum absolute atomic E-state index is 11.8. The second-order valence-electron chi connectivity index (χ2n) is 3.95. The van der Waals surface area contributed by atoms with Gasteiger partial charge in [-0.05, 0) is 30.3 Å². The van der Waals surface area contributed by atoms with E-state index in [1.165, 1.54) is 6.20 Å². The van der Waals surface area contributed by atoms with E-state index in [4.69, 9.17) is 0 Å². The van der Waals surface area contributed by atoms with Gasteiger partial charge in [0.25, 0.3) is 5.91 Å². The summed E-state index contributed by atoms with van der Waals surface area (Å²) < 4.78 is 1.96. The molecule has 0 fully saturated rings. The Labute approximate surface area is 109 Å². The molecular weight excluding hydrogens is 242 g/mol. The molecule has 6 nitrogen and oxygen atoms in total. The largest absolute Gasteiger partial charge is 0.324 e. The fourth-order valence-electron chi connectivity index (χ4n) is 1.76. The van der Waals surface area contributed by atoms with Crippen molar-refractivity contribution in [1.29, 1.82) is 0 Å². The number of nitrogens with zero attached hydrogens (tertiary/aromatic N) is 3. The normalized spacial score (nSPS) is 10.3. The van der Waals surface area contributed by atoms with Crippen LogP contribution in [0.2, 0.25) is 0 Å². The van der Waals surface area contributed by atoms with Gasteiger partial charge in [-0.15, -0.1) is 0 Å². The number of amides is 1. The van der Waals surface area contributed by atoms with Crippen LogP contribution in [0.4, 0.5) is 5.69 Å². The van der Waals surface area contributed by atoms with Gasteiger partial charge < -0.3 is 9.88 Å². The lowest BCUT2D eigenvalue weighted by molar-refractivity contribution is 0.102. The van der Waals surface area contributed by atoms with E-state index >= 15 is 0 Å². The molecule has 0 saturated carbocycles. The van der Waals surface area contributed by atoms with Crippen molar-refractivity contribution >= 4 is 11.6 Å². The predicted octanol–water partition coefficient (Wildman–Crippen LogP) is 1.85. The fraction of sp³-hybridized carbons (Fsp3) is 0. The van der Waals surface area contributed by atoms with E-state index in [0.29, 0.717) is 5.69 Å². The molecule has 0 saturated heterocycles. The zero-order valence-corrected chi connectivity index (χ0v) is 9.95. The van der Waals surface area contributed by atoms with Crippen LogP contribution in [0.15, 0.2) is 55.0 Å². The quantitative estimate of drug-likeness (QED) is 0.748. The highest BCUT2D eigenvalue weighted by Gasteiger charge is 2.08. The van der Waals surface area contributed by atoms with Crippen molar-refractivity contribution in [3.8, 4) is 5.69 Å². The van der Waals surface area contributed by atoms with Crippen LogP contribution in [0, 0.1) is 0 Å². The van der Waals surface area contributed by atoms with Crippen molar-refractivity contribution < 1.29 is 4.79 Å². The minimum atomic E-state index is -0.293. The van der Waals surface area contributed by atoms with Gasteiger partial charge in [0.15, 0.2) is 5.69 Å². The third-order valence-electron chi connectivity index (χ3n) is 2.65. The number of H-pyrrole nitrogens is 1. The molecule has 2 heterocycles. The van der Waals surface area contributed by atoms with Gasteiger partial charge in [-0.25, -0.2) is 0 Å². The fourth-order valence-corrected chi connectivity index (χ4v) is 1.76. The average Bonchev–Trinajstić information content (AvgIpc) is 3.13. The Kier molecular flexibility index (Phi) is 2.82. The summed E-state index contributed by atoms with van der Waals surface area (Å²) in [5.41, 5.74) is 1.94. The van der Waals surface area contributed by atoms with E-state index in [0.717, 1.165) is 5.69 Å². The molecule has 6 heteroatoms. The first kappa shape index (κ1) is 11.2. The summed E-state index contributed by atoms with van der Waals surface area (Å²) in [7, 11) is 0. The van der Waals surface area contributed by atoms with Crippen molar-refractivity contribution in [3.05, 3.63) is 60.7 Å². The molecule has 1 aromatic carbocycles. The maximum atomic E-state index is 11.8. The Morgan fingerprint density at radius 1 is 1.21 bits per heavy atom. The lowest BCUT2D eigenvalue weighted by Crippen LogP contribution is -2.12. The van der Waals surface area contributed by atoms with Gasteiger partial charge in [0.2, 0.25) is 0 Å². The van der Waals surface area contributed by atoms with Crippen LogP contribution in [0.1, 0.15) is 10.5 Å². The van der Waals surface area contributed by atoms with Gasteiger partial charge in [-0.1, -0.05) is 6.07 Å². The highest BCUT2D eigenvalue weighted by molar-refractivity contribution is 6.02. The number of aromatic amines is 1. The van der Waals surface area contributed by atoms with E-state index in [1.807, 2.05) is 53.4 Å². The molecule has 0 bridgehead atoms. The number of anilines is 1. The molecule has 2 N–H and O–H groups in total. The highest BCUT2D eigenvalue weighted by Crippen LogP contribution is 2.15. The van der Waals surface area contributed by atoms with Crippen LogP contribution in [-0.4, -0.2) is 25.9 Å². The molecule has 0 atom stereocenters. The maximum Gasteiger partial charge on any atom is 0.277 e. The molecule has 0 unspecified atom stereocenters. The van der Waals surface area contributed by atoms with E-state index in [2.05, 4.69) is 20.7 Å². The van der Waals surface area contributed by atoms with Crippen LogP contribution in [-0.2, 0) is 0 Å². The molecule has 2 aromatic heterocycles. The van der Waals surface area contributed by atoms with Crippen LogP contribution in [0.3, 0.4) is 0 Å². The minimum absolute atomic E-state index is 0.256. The van der Waals surface area contributed by atoms with E-state index in [-0.39, 0.29) is 11.6 Å². The molecule has 3 aromatic rings. The molecule has 19 heavy (non-hydrogen) atoms. The molecule has 3 rings (SSSR count). The molecule has 0 aliphatic rings. The molecule has 0 radical (unpaired) electrons. The third-order valence-corrected chi connectivity index (χ3v) is 2.65. The SMILES string of the molecule is O=C(Nc1cccc(-n2cccc2)c1)c1cn[nH]n1. The van der Waals surface area contributed by atoms with E-state index < -0.39 is 0 Å². The van der Waals surface area contributed by atoms with Gasteiger partial charge in [0.1, 0.15) is 0 Å². The molecule has 1 amide bonds. The summed E-state index contributed by atoms with van der Waals surface area (Å²) in [5.74, 6) is -0.293. The van der Waals surface area contributed by atoms with Crippen LogP contribution in [0.5, 0.6) is 0 Å². The lowest BCUT2D eigenvalue weighted by atomic mass is 10.2. The van der Waals surface area contributed by atoms with Crippen LogP contribution >= 0.6 is 0 Å². The second kappa shape index (κ2) is 4.77. The monoisotopic (exact) mass is 253 g/mol. The summed E-state index contributed by atoms with van der Waals surface area (Å²) in [4.78, 5) is 11.8. The van der Waals surface area contributed by atoms with Gasteiger partial charge in [-0.2, -0.15) is 15.4 Å². The molecular formula is C13H11N5O. The summed E-state index contributed by atoms with van der Waals surface area (Å²) in [6.07, 6.45) is 5.27. The Hall–Kier alpha value is -2.89. The van der Waals surface area contributed by atoms with Gasteiger partial charge >= 0.3 is 0 Å². The first-order chi connectivity index (χ1) is 9.33. The predicted molar refractivity (Wildman–Crippen MR) is 70.1 cm³/mol. The Balaban J connectivity index is 1.82. The molecule has 94 valence electrons. The number of nitrogens with one attached hydrogen (secondary N) is 2. The lowest BCUT2D eigenvalue weighted by Gasteiger charge is -2.07. The number of hydrogen-bond donors (Lipinski definition) is 2. The zero-order valence-electron chi connectivity index (χ0n) is 9.95. The number of carbonyl (C=O) groups is 1. The highest BCUT2D eigenvalue weighted by atomic mass is 16.2. The number of carbonyl (C=O) groups excluding carboxylic acids is 1. The van der Waals surface area contributed by atoms with Crippen LogP contribution < -0.4 is 5.32 Å². The van der Waals surface area contributed by atoms with E-state index in [1.54, 1.807) is 0 Å². The van der Waals surface area contributed by atoms with Crippen LogP contribution in [0.25, 0.3) is 5.69 Å². The molecule has 0 spiro atoms. The van der Waals surface area contributed by atoms with Crippen molar-refractivity contribution in [3.63, 3.8) is 0 Å². The first-order valence-corrected chi connectivity index (χ1v) is 5.73. The smallest absolute Gasteiger partial charge is 0.277 e. The number of hydrogen-bond acceptors (Lipinski definition) is 3. The van der Waals surface area contributed by atoms with E-state index in [9.17, 15) is 4.79 Å². The van der Waals surface area contributed by atoms with Crippen molar-refractivity contribution in [1.82, 2.24) is 20.0 Å². The van der Waals surface area contributed by atoms with Crippen molar-refractivity contribution in [2.24, 2.45) is 0 Å². The third kappa shape index (κ3) is 2.37. The molecule has 0 aliphatic heterocycles. The Morgan fingerprint density at radius 2 is 2.05 bits per heavy atom. The van der Waals surface area contributed by atoms with Gasteiger partial charge in [-0.3, -0.25) is 4.79 Å². The Bertz CT molecular complexity index is 673. The van der Waals surface area contributed by atoms with Crippen molar-refractivity contribution in [2.75, 3.05) is 5.32 Å². The summed E-state index contributed by atoms with van der Waals surface area (Å²) in [5, 5.41) is 12.5. The first-order valence-electron chi connectivity index (χ1n) is 5.73. The number of benzene rings is 1. The summed E-state index contributed by atoms with van der Waals surface area (Å²) in [6, 6.07) is 11.4. The zero-order chi connectivity index (χ0) is 13.1. The Morgan fingerprint density at radius 3 is 2.79 bits per heavy atom. The minimum Gasteiger partial charge on any atom is -0.324 e. The second-order valence-corrected chi connectivity index (χ2v) is 3.95. The summed E-state index contributed by atoms with van der Waals surface area (Å²) in [6.45, 7) is 0. The number of aromatic nitrogens is 4. The topological polar surface area (TPSA) is 75.6 Å². The average molecular weight is 253 g/mol. The standard InChI is InChI=1S/C13H11N5O/c19-13(12-9-14-17-16-12)15-10-4-3-5-11(8-10)18-6-1-2-7-18/h1-9H,(H,15,19)(H,14,16,17).